The Morgan fingerprint density at radius 3 is 2.56 bits per heavy atom. The predicted octanol–water partition coefficient (Wildman–Crippen LogP) is 6.32. The van der Waals surface area contributed by atoms with Gasteiger partial charge >= 0.3 is 6.18 Å². The van der Waals surface area contributed by atoms with Crippen molar-refractivity contribution in [1.82, 2.24) is 10.3 Å². The second kappa shape index (κ2) is 10.0. The van der Waals surface area contributed by atoms with Gasteiger partial charge in [-0.15, -0.1) is 11.3 Å². The number of carbonyl (C=O) groups excluding carboxylic acids is 1. The Labute approximate surface area is 200 Å². The van der Waals surface area contributed by atoms with Crippen LogP contribution >= 0.6 is 11.3 Å². The minimum atomic E-state index is -4.76. The number of rotatable bonds is 6. The Hall–Kier alpha value is -3.07. The van der Waals surface area contributed by atoms with Gasteiger partial charge in [0.05, 0.1) is 18.7 Å². The summed E-state index contributed by atoms with van der Waals surface area (Å²) in [6.07, 6.45) is -1.27. The Balaban J connectivity index is 1.60. The van der Waals surface area contributed by atoms with Gasteiger partial charge in [-0.2, -0.15) is 13.2 Å². The number of methoxy groups -OCH3 is 1. The third kappa shape index (κ3) is 5.19. The number of para-hydroxylation sites is 1. The van der Waals surface area contributed by atoms with E-state index < -0.39 is 28.7 Å². The highest BCUT2D eigenvalue weighted by molar-refractivity contribution is 7.17. The predicted molar refractivity (Wildman–Crippen MR) is 127 cm³/mol. The highest BCUT2D eigenvalue weighted by Crippen LogP contribution is 2.40. The number of alkyl halides is 3. The number of benzene rings is 2. The zero-order chi connectivity index (χ0) is 24.3. The molecule has 9 heteroatoms. The summed E-state index contributed by atoms with van der Waals surface area (Å²) in [5.41, 5.74) is 1.11. The van der Waals surface area contributed by atoms with Crippen LogP contribution in [-0.4, -0.2) is 31.1 Å². The first kappa shape index (κ1) is 24.1. The van der Waals surface area contributed by atoms with E-state index in [4.69, 9.17) is 4.74 Å². The summed E-state index contributed by atoms with van der Waals surface area (Å²) in [5, 5.41) is 2.81. The van der Waals surface area contributed by atoms with E-state index in [2.05, 4.69) is 15.2 Å². The summed E-state index contributed by atoms with van der Waals surface area (Å²) in [5.74, 6) is -0.415. The van der Waals surface area contributed by atoms with Crippen molar-refractivity contribution in [3.8, 4) is 16.3 Å². The minimum Gasteiger partial charge on any atom is -0.496 e. The highest BCUT2D eigenvalue weighted by Gasteiger charge is 2.40. The van der Waals surface area contributed by atoms with Crippen molar-refractivity contribution in [2.45, 2.75) is 38.4 Å². The Morgan fingerprint density at radius 2 is 1.85 bits per heavy atom. The molecule has 4 rings (SSSR count). The molecule has 5 nitrogen and oxygen atoms in total. The number of nitrogens with one attached hydrogen (secondary N) is 1. The van der Waals surface area contributed by atoms with Crippen molar-refractivity contribution in [1.29, 1.82) is 0 Å². The summed E-state index contributed by atoms with van der Waals surface area (Å²) in [4.78, 5) is 18.6. The average molecular weight is 490 g/mol. The molecule has 3 aromatic rings. The number of halogens is 3. The van der Waals surface area contributed by atoms with Crippen LogP contribution in [0, 0.1) is 0 Å². The fourth-order valence-corrected chi connectivity index (χ4v) is 5.11. The number of carbonyl (C=O) groups is 1. The minimum absolute atomic E-state index is 0.0784. The van der Waals surface area contributed by atoms with Crippen LogP contribution < -0.4 is 15.0 Å². The third-order valence-corrected chi connectivity index (χ3v) is 6.97. The van der Waals surface area contributed by atoms with E-state index in [1.807, 2.05) is 24.3 Å². The molecular weight excluding hydrogens is 463 g/mol. The fourth-order valence-electron chi connectivity index (χ4n) is 4.09. The SMILES string of the molecule is COc1ccccc1-c1nc(C(F)(F)F)c(C(=O)NC(C)c2cccc(N3CCCCC3)c2)s1. The lowest BCUT2D eigenvalue weighted by atomic mass is 10.1. The largest absolute Gasteiger partial charge is 0.496 e. The van der Waals surface area contributed by atoms with Crippen LogP contribution in [0.2, 0.25) is 0 Å². The van der Waals surface area contributed by atoms with Crippen molar-refractivity contribution in [2.75, 3.05) is 25.1 Å². The maximum absolute atomic E-state index is 13.8. The lowest BCUT2D eigenvalue weighted by Gasteiger charge is -2.29. The molecule has 2 aromatic carbocycles. The molecule has 1 aliphatic rings. The molecule has 1 atom stereocenters. The molecule has 1 aliphatic heterocycles. The summed E-state index contributed by atoms with van der Waals surface area (Å²) >= 11 is 0.709. The van der Waals surface area contributed by atoms with Gasteiger partial charge in [-0.05, 0) is 56.0 Å². The van der Waals surface area contributed by atoms with Crippen molar-refractivity contribution >= 4 is 22.9 Å². The van der Waals surface area contributed by atoms with Gasteiger partial charge in [-0.25, -0.2) is 4.98 Å². The molecular formula is C25H26F3N3O2S. The molecule has 1 aromatic heterocycles. The second-order valence-electron chi connectivity index (χ2n) is 8.23. The van der Waals surface area contributed by atoms with E-state index >= 15 is 0 Å². The first-order valence-electron chi connectivity index (χ1n) is 11.1. The number of anilines is 1. The van der Waals surface area contributed by atoms with Crippen LogP contribution in [-0.2, 0) is 6.18 Å². The van der Waals surface area contributed by atoms with E-state index in [1.165, 1.54) is 13.5 Å². The van der Waals surface area contributed by atoms with Gasteiger partial charge in [-0.1, -0.05) is 24.3 Å². The summed E-state index contributed by atoms with van der Waals surface area (Å²) in [7, 11) is 1.43. The van der Waals surface area contributed by atoms with E-state index in [9.17, 15) is 18.0 Å². The zero-order valence-electron chi connectivity index (χ0n) is 19.0. The summed E-state index contributed by atoms with van der Waals surface area (Å²) in [6, 6.07) is 14.0. The van der Waals surface area contributed by atoms with Gasteiger partial charge in [0, 0.05) is 18.8 Å². The fraction of sp³-hybridized carbons (Fsp3) is 0.360. The Morgan fingerprint density at radius 1 is 1.12 bits per heavy atom. The smallest absolute Gasteiger partial charge is 0.435 e. The molecule has 1 fully saturated rings. The van der Waals surface area contributed by atoms with E-state index in [0.717, 1.165) is 37.2 Å². The van der Waals surface area contributed by atoms with Gasteiger partial charge in [0.1, 0.15) is 15.6 Å². The molecule has 1 N–H and O–H groups in total. The first-order chi connectivity index (χ1) is 16.3. The maximum atomic E-state index is 13.8. The number of ether oxygens (including phenoxy) is 1. The number of nitrogens with zero attached hydrogens (tertiary/aromatic N) is 2. The summed E-state index contributed by atoms with van der Waals surface area (Å²) in [6.45, 7) is 3.72. The van der Waals surface area contributed by atoms with E-state index in [0.29, 0.717) is 22.6 Å². The molecule has 1 saturated heterocycles. The Kier molecular flexibility index (Phi) is 7.11. The van der Waals surface area contributed by atoms with Crippen LogP contribution in [0.25, 0.3) is 10.6 Å². The quantitative estimate of drug-likeness (QED) is 0.440. The van der Waals surface area contributed by atoms with Gasteiger partial charge in [-0.3, -0.25) is 4.79 Å². The van der Waals surface area contributed by atoms with Gasteiger partial charge in [0.15, 0.2) is 5.69 Å². The van der Waals surface area contributed by atoms with E-state index in [1.54, 1.807) is 31.2 Å². The van der Waals surface area contributed by atoms with Crippen LogP contribution in [0.3, 0.4) is 0 Å². The van der Waals surface area contributed by atoms with Gasteiger partial charge in [0.25, 0.3) is 5.91 Å². The molecule has 34 heavy (non-hydrogen) atoms. The molecule has 1 unspecified atom stereocenters. The lowest BCUT2D eigenvalue weighted by Crippen LogP contribution is -2.30. The van der Waals surface area contributed by atoms with Crippen LogP contribution in [0.4, 0.5) is 18.9 Å². The average Bonchev–Trinajstić information content (AvgIpc) is 3.31. The highest BCUT2D eigenvalue weighted by atomic mass is 32.1. The van der Waals surface area contributed by atoms with Crippen LogP contribution in [0.5, 0.6) is 5.75 Å². The molecule has 0 radical (unpaired) electrons. The van der Waals surface area contributed by atoms with E-state index in [-0.39, 0.29) is 5.01 Å². The Bertz CT molecular complexity index is 1160. The standard InChI is InChI=1S/C25H26F3N3O2S/c1-16(17-9-8-10-18(15-17)31-13-6-3-7-14-31)29-23(32)21-22(25(26,27)28)30-24(34-21)19-11-4-5-12-20(19)33-2/h4-5,8-12,15-16H,3,6-7,13-14H2,1-2H3,(H,29,32). The number of thiazole rings is 1. The molecule has 2 heterocycles. The van der Waals surface area contributed by atoms with Crippen molar-refractivity contribution in [3.05, 3.63) is 64.7 Å². The lowest BCUT2D eigenvalue weighted by molar-refractivity contribution is -0.141. The van der Waals surface area contributed by atoms with Gasteiger partial charge in [0.2, 0.25) is 0 Å². The zero-order valence-corrected chi connectivity index (χ0v) is 19.8. The van der Waals surface area contributed by atoms with Crippen molar-refractivity contribution < 1.29 is 22.7 Å². The number of hydrogen-bond acceptors (Lipinski definition) is 5. The first-order valence-corrected chi connectivity index (χ1v) is 12.0. The van der Waals surface area contributed by atoms with Crippen molar-refractivity contribution in [3.63, 3.8) is 0 Å². The molecule has 0 aliphatic carbocycles. The topological polar surface area (TPSA) is 54.5 Å². The van der Waals surface area contributed by atoms with Crippen LogP contribution in [0.15, 0.2) is 48.5 Å². The number of amides is 1. The number of aromatic nitrogens is 1. The summed E-state index contributed by atoms with van der Waals surface area (Å²) < 4.78 is 46.6. The maximum Gasteiger partial charge on any atom is 0.435 e. The number of hydrogen-bond donors (Lipinski definition) is 1. The second-order valence-corrected chi connectivity index (χ2v) is 9.23. The number of piperidine rings is 1. The molecule has 0 saturated carbocycles. The molecule has 1 amide bonds. The monoisotopic (exact) mass is 489 g/mol. The molecule has 0 spiro atoms. The van der Waals surface area contributed by atoms with Gasteiger partial charge < -0.3 is 15.0 Å². The molecule has 0 bridgehead atoms. The van der Waals surface area contributed by atoms with Crippen LogP contribution in [0.1, 0.15) is 53.2 Å². The molecule has 180 valence electrons. The normalized spacial score (nSPS) is 15.1. The van der Waals surface area contributed by atoms with Crippen molar-refractivity contribution in [2.24, 2.45) is 0 Å². The third-order valence-electron chi connectivity index (χ3n) is 5.88.